The topological polar surface area (TPSA) is 89.8 Å². The summed E-state index contributed by atoms with van der Waals surface area (Å²) in [6, 6.07) is 5.31. The Kier molecular flexibility index (Phi) is 3.50. The Balaban J connectivity index is 2.24. The molecule has 3 rings (SSSR count). The highest BCUT2D eigenvalue weighted by atomic mass is 32.1. The molecule has 2 aromatic heterocycles. The molecule has 0 aliphatic rings. The minimum absolute atomic E-state index is 0.245. The summed E-state index contributed by atoms with van der Waals surface area (Å²) in [6.07, 6.45) is 1.72. The zero-order valence-electron chi connectivity index (χ0n) is 12.2. The maximum Gasteiger partial charge on any atom is 0.348 e. The van der Waals surface area contributed by atoms with Gasteiger partial charge in [-0.15, -0.1) is 0 Å². The van der Waals surface area contributed by atoms with Crippen molar-refractivity contribution in [2.24, 2.45) is 0 Å². The minimum atomic E-state index is -0.975. The van der Waals surface area contributed by atoms with Crippen molar-refractivity contribution in [3.63, 3.8) is 0 Å². The number of aromatic nitrogens is 2. The first-order chi connectivity index (χ1) is 10.5. The third-order valence-electron chi connectivity index (χ3n) is 3.32. The molecule has 1 aromatic carbocycles. The van der Waals surface area contributed by atoms with E-state index < -0.39 is 5.97 Å². The average Bonchev–Trinajstić information content (AvgIpc) is 3.02. The fraction of sp³-hybridized carbons (Fsp3) is 0.200. The van der Waals surface area contributed by atoms with E-state index in [0.717, 1.165) is 22.6 Å². The lowest BCUT2D eigenvalue weighted by atomic mass is 10.1. The van der Waals surface area contributed by atoms with Gasteiger partial charge in [-0.1, -0.05) is 11.3 Å². The number of anilines is 1. The first-order valence-corrected chi connectivity index (χ1v) is 7.57. The van der Waals surface area contributed by atoms with Crippen molar-refractivity contribution >= 4 is 28.0 Å². The molecule has 3 N–H and O–H groups in total. The highest BCUT2D eigenvalue weighted by Gasteiger charge is 2.22. The standard InChI is InChI=1S/C15H15N3O3S/c1-3-21-11-5-4-9(6-10(11)16)12-13(14(19)20)22-15-17-7-8(2)18(12)15/h4-7H,3,16H2,1-2H3,(H,19,20). The summed E-state index contributed by atoms with van der Waals surface area (Å²) in [7, 11) is 0. The number of rotatable bonds is 4. The maximum atomic E-state index is 11.5. The van der Waals surface area contributed by atoms with Crippen molar-refractivity contribution in [1.82, 2.24) is 9.38 Å². The first kappa shape index (κ1) is 14.4. The van der Waals surface area contributed by atoms with E-state index in [4.69, 9.17) is 10.5 Å². The third-order valence-corrected chi connectivity index (χ3v) is 4.36. The number of thiazole rings is 1. The molecule has 0 unspecified atom stereocenters. The number of fused-ring (bicyclic) bond motifs is 1. The minimum Gasteiger partial charge on any atom is -0.492 e. The number of nitrogen functional groups attached to an aromatic ring is 1. The quantitative estimate of drug-likeness (QED) is 0.722. The molecular weight excluding hydrogens is 302 g/mol. The van der Waals surface area contributed by atoms with Crippen LogP contribution in [-0.4, -0.2) is 27.1 Å². The SMILES string of the molecule is CCOc1ccc(-c2c(C(=O)O)sc3ncc(C)n23)cc1N. The zero-order valence-corrected chi connectivity index (χ0v) is 13.0. The summed E-state index contributed by atoms with van der Waals surface area (Å²) in [6.45, 7) is 4.29. The molecule has 0 amide bonds. The summed E-state index contributed by atoms with van der Waals surface area (Å²) in [5.74, 6) is -0.380. The van der Waals surface area contributed by atoms with Crippen molar-refractivity contribution in [3.8, 4) is 17.0 Å². The molecule has 0 bridgehead atoms. The maximum absolute atomic E-state index is 11.5. The van der Waals surface area contributed by atoms with Crippen LogP contribution in [0, 0.1) is 6.92 Å². The van der Waals surface area contributed by atoms with Crippen molar-refractivity contribution < 1.29 is 14.6 Å². The van der Waals surface area contributed by atoms with Crippen molar-refractivity contribution in [2.75, 3.05) is 12.3 Å². The predicted molar refractivity (Wildman–Crippen MR) is 85.8 cm³/mol. The van der Waals surface area contributed by atoms with E-state index in [1.165, 1.54) is 0 Å². The third kappa shape index (κ3) is 2.19. The Morgan fingerprint density at radius 3 is 2.91 bits per heavy atom. The van der Waals surface area contributed by atoms with E-state index >= 15 is 0 Å². The van der Waals surface area contributed by atoms with Crippen LogP contribution < -0.4 is 10.5 Å². The number of hydrogen-bond acceptors (Lipinski definition) is 5. The Bertz CT molecular complexity index is 866. The van der Waals surface area contributed by atoms with Crippen molar-refractivity contribution in [3.05, 3.63) is 35.0 Å². The van der Waals surface area contributed by atoms with Gasteiger partial charge in [-0.25, -0.2) is 9.78 Å². The molecule has 0 saturated carbocycles. The molecule has 2 heterocycles. The van der Waals surface area contributed by atoms with Gasteiger partial charge in [-0.3, -0.25) is 4.40 Å². The van der Waals surface area contributed by atoms with E-state index in [0.29, 0.717) is 28.7 Å². The van der Waals surface area contributed by atoms with Crippen LogP contribution in [0.5, 0.6) is 5.75 Å². The first-order valence-electron chi connectivity index (χ1n) is 6.75. The summed E-state index contributed by atoms with van der Waals surface area (Å²) in [5, 5.41) is 9.46. The van der Waals surface area contributed by atoms with Crippen LogP contribution >= 0.6 is 11.3 Å². The Morgan fingerprint density at radius 2 is 2.27 bits per heavy atom. The Hall–Kier alpha value is -2.54. The number of ether oxygens (including phenoxy) is 1. The van der Waals surface area contributed by atoms with Crippen LogP contribution in [0.3, 0.4) is 0 Å². The highest BCUT2D eigenvalue weighted by Crippen LogP contribution is 2.35. The zero-order chi connectivity index (χ0) is 15.9. The van der Waals surface area contributed by atoms with Gasteiger partial charge >= 0.3 is 5.97 Å². The predicted octanol–water partition coefficient (Wildman–Crippen LogP) is 3.05. The van der Waals surface area contributed by atoms with Crippen LogP contribution in [0.2, 0.25) is 0 Å². The van der Waals surface area contributed by atoms with E-state index in [-0.39, 0.29) is 4.88 Å². The molecule has 0 atom stereocenters. The van der Waals surface area contributed by atoms with Crippen LogP contribution in [0.4, 0.5) is 5.69 Å². The number of hydrogen-bond donors (Lipinski definition) is 2. The number of aromatic carboxylic acids is 1. The Labute approximate surface area is 130 Å². The van der Waals surface area contributed by atoms with Crippen molar-refractivity contribution in [2.45, 2.75) is 13.8 Å². The second-order valence-electron chi connectivity index (χ2n) is 4.79. The molecule has 6 nitrogen and oxygen atoms in total. The Morgan fingerprint density at radius 1 is 1.50 bits per heavy atom. The highest BCUT2D eigenvalue weighted by molar-refractivity contribution is 7.19. The second kappa shape index (κ2) is 5.34. The molecule has 7 heteroatoms. The van der Waals surface area contributed by atoms with E-state index in [9.17, 15) is 9.90 Å². The average molecular weight is 317 g/mol. The lowest BCUT2D eigenvalue weighted by molar-refractivity contribution is 0.0702. The van der Waals surface area contributed by atoms with Gasteiger partial charge in [0.1, 0.15) is 10.6 Å². The van der Waals surface area contributed by atoms with E-state index in [2.05, 4.69) is 4.98 Å². The smallest absolute Gasteiger partial charge is 0.348 e. The molecule has 0 saturated heterocycles. The van der Waals surface area contributed by atoms with Gasteiger partial charge in [0.15, 0.2) is 4.96 Å². The monoisotopic (exact) mass is 317 g/mol. The molecule has 22 heavy (non-hydrogen) atoms. The van der Waals surface area contributed by atoms with Crippen LogP contribution in [0.25, 0.3) is 16.2 Å². The van der Waals surface area contributed by atoms with Gasteiger partial charge in [-0.05, 0) is 32.0 Å². The fourth-order valence-electron chi connectivity index (χ4n) is 2.39. The van der Waals surface area contributed by atoms with Crippen molar-refractivity contribution in [1.29, 1.82) is 0 Å². The number of aryl methyl sites for hydroxylation is 1. The summed E-state index contributed by atoms with van der Waals surface area (Å²) < 4.78 is 7.26. The number of carboxylic acid groups (broad SMARTS) is 1. The molecular formula is C15H15N3O3S. The molecule has 0 spiro atoms. The second-order valence-corrected chi connectivity index (χ2v) is 5.77. The van der Waals surface area contributed by atoms with E-state index in [1.807, 2.05) is 24.3 Å². The van der Waals surface area contributed by atoms with Gasteiger partial charge in [-0.2, -0.15) is 0 Å². The van der Waals surface area contributed by atoms with Crippen LogP contribution in [0.15, 0.2) is 24.4 Å². The number of carboxylic acids is 1. The molecule has 0 radical (unpaired) electrons. The van der Waals surface area contributed by atoms with Crippen LogP contribution in [0.1, 0.15) is 22.3 Å². The number of nitrogens with zero attached hydrogens (tertiary/aromatic N) is 2. The summed E-state index contributed by atoms with van der Waals surface area (Å²) in [5.41, 5.74) is 8.68. The molecule has 3 aromatic rings. The van der Waals surface area contributed by atoms with Gasteiger partial charge < -0.3 is 15.6 Å². The van der Waals surface area contributed by atoms with Crippen LogP contribution in [-0.2, 0) is 0 Å². The van der Waals surface area contributed by atoms with Gasteiger partial charge in [0.2, 0.25) is 0 Å². The lowest BCUT2D eigenvalue weighted by Gasteiger charge is -2.09. The number of benzene rings is 1. The number of nitrogens with two attached hydrogens (primary N) is 1. The lowest BCUT2D eigenvalue weighted by Crippen LogP contribution is -2.01. The number of imidazole rings is 1. The van der Waals surface area contributed by atoms with E-state index in [1.54, 1.807) is 18.3 Å². The number of carbonyl (C=O) groups is 1. The van der Waals surface area contributed by atoms with Gasteiger partial charge in [0.05, 0.1) is 18.0 Å². The largest absolute Gasteiger partial charge is 0.492 e. The van der Waals surface area contributed by atoms with Gasteiger partial charge in [0.25, 0.3) is 0 Å². The molecule has 0 fully saturated rings. The van der Waals surface area contributed by atoms with Gasteiger partial charge in [0, 0.05) is 17.5 Å². The molecule has 114 valence electrons. The normalized spacial score (nSPS) is 11.0. The summed E-state index contributed by atoms with van der Waals surface area (Å²) in [4.78, 5) is 16.7. The molecule has 0 aliphatic carbocycles. The fourth-order valence-corrected chi connectivity index (χ4v) is 3.40. The summed E-state index contributed by atoms with van der Waals surface area (Å²) >= 11 is 1.15. The molecule has 0 aliphatic heterocycles.